The molecule has 11 nitrogen and oxygen atoms in total. The number of phenolic OH excluding ortho intramolecular Hbond substituents is 1. The Bertz CT molecular complexity index is 1450. The molecule has 4 rings (SSSR count). The van der Waals surface area contributed by atoms with Gasteiger partial charge in [-0.05, 0) is 40.8 Å². The van der Waals surface area contributed by atoms with Crippen LogP contribution in [0, 0.1) is 0 Å². The topological polar surface area (TPSA) is 160 Å². The van der Waals surface area contributed by atoms with Crippen LogP contribution in [0.1, 0.15) is 52.9 Å². The molecule has 0 radical (unpaired) electrons. The van der Waals surface area contributed by atoms with Gasteiger partial charge in [0.1, 0.15) is 0 Å². The lowest BCUT2D eigenvalue weighted by Crippen LogP contribution is -2.25. The van der Waals surface area contributed by atoms with E-state index in [1.54, 1.807) is 17.0 Å². The second-order valence-electron chi connectivity index (χ2n) is 9.25. The third-order valence-electron chi connectivity index (χ3n) is 6.36. The zero-order chi connectivity index (χ0) is 28.8. The largest absolute Gasteiger partial charge is 0.504 e. The molecule has 1 amide bonds. The summed E-state index contributed by atoms with van der Waals surface area (Å²) in [6.45, 7) is 1.29. The smallest absolute Gasteiger partial charge is 0.303 e. The number of methoxy groups -OCH3 is 1. The van der Waals surface area contributed by atoms with Crippen LogP contribution >= 0.6 is 11.3 Å². The molecular weight excluding hydrogens is 542 g/mol. The van der Waals surface area contributed by atoms with Crippen LogP contribution in [-0.2, 0) is 27.5 Å². The number of nitrogens with zero attached hydrogens (tertiary/aromatic N) is 1. The van der Waals surface area contributed by atoms with Crippen LogP contribution in [0.2, 0.25) is 0 Å². The van der Waals surface area contributed by atoms with E-state index in [1.165, 1.54) is 24.5 Å². The third-order valence-corrected chi connectivity index (χ3v) is 7.50. The highest BCUT2D eigenvalue weighted by Crippen LogP contribution is 2.37. The molecule has 0 aliphatic carbocycles. The van der Waals surface area contributed by atoms with Crippen LogP contribution in [0.5, 0.6) is 23.0 Å². The lowest BCUT2D eigenvalue weighted by molar-refractivity contribution is -0.141. The van der Waals surface area contributed by atoms with Gasteiger partial charge in [0.2, 0.25) is 5.91 Å². The first-order valence-corrected chi connectivity index (χ1v) is 13.4. The van der Waals surface area contributed by atoms with Gasteiger partial charge < -0.3 is 34.4 Å². The van der Waals surface area contributed by atoms with E-state index in [0.29, 0.717) is 52.6 Å². The standard InChI is InChI=1S/C28H29NO10S/c1-37-22-10-17-14-29(26(32)4-6-28(35)36)15-18(17)11-23(22)39-8-2-7-38-21-9-16-12-25(19(30)3-5-27(33)34)40-24(16)13-20(21)31/h9-13,31H,2-8,14-15H2,1H3,(H,33,34)(H,35,36). The number of hydrogen-bond acceptors (Lipinski definition) is 9. The average molecular weight is 572 g/mol. The number of hydrogen-bond donors (Lipinski definition) is 3. The van der Waals surface area contributed by atoms with Crippen molar-refractivity contribution in [2.75, 3.05) is 20.3 Å². The number of thiophene rings is 1. The Morgan fingerprint density at radius 3 is 2.10 bits per heavy atom. The summed E-state index contributed by atoms with van der Waals surface area (Å²) in [6.07, 6.45) is -0.0982. The molecular formula is C28H29NO10S. The first-order valence-electron chi connectivity index (χ1n) is 12.6. The summed E-state index contributed by atoms with van der Waals surface area (Å²) in [5, 5.41) is 28.7. The molecule has 0 saturated carbocycles. The Balaban J connectivity index is 1.30. The number of carbonyl (C=O) groups is 4. The number of carboxylic acids is 2. The lowest BCUT2D eigenvalue weighted by Gasteiger charge is -2.14. The minimum Gasteiger partial charge on any atom is -0.504 e. The summed E-state index contributed by atoms with van der Waals surface area (Å²) in [5.41, 5.74) is 1.83. The normalized spacial score (nSPS) is 12.3. The van der Waals surface area contributed by atoms with Crippen molar-refractivity contribution < 1.29 is 48.7 Å². The Morgan fingerprint density at radius 2 is 1.45 bits per heavy atom. The Hall–Kier alpha value is -4.32. The van der Waals surface area contributed by atoms with Crippen molar-refractivity contribution >= 4 is 45.1 Å². The molecule has 1 aliphatic rings. The molecule has 0 fully saturated rings. The van der Waals surface area contributed by atoms with Crippen molar-refractivity contribution in [3.8, 4) is 23.0 Å². The van der Waals surface area contributed by atoms with Gasteiger partial charge in [-0.25, -0.2) is 0 Å². The third kappa shape index (κ3) is 7.00. The van der Waals surface area contributed by atoms with E-state index in [1.807, 2.05) is 12.1 Å². The molecule has 0 saturated heterocycles. The number of Topliss-reactive ketones (excluding diaryl/α,β-unsaturated/α-hetero) is 1. The molecule has 0 bridgehead atoms. The van der Waals surface area contributed by atoms with Crippen molar-refractivity contribution in [3.63, 3.8) is 0 Å². The summed E-state index contributed by atoms with van der Waals surface area (Å²) >= 11 is 1.19. The van der Waals surface area contributed by atoms with Crippen molar-refractivity contribution in [1.82, 2.24) is 4.90 Å². The second-order valence-corrected chi connectivity index (χ2v) is 10.3. The fourth-order valence-electron chi connectivity index (χ4n) is 4.30. The number of benzene rings is 2. The monoisotopic (exact) mass is 571 g/mol. The van der Waals surface area contributed by atoms with E-state index < -0.39 is 11.9 Å². The number of phenols is 1. The van der Waals surface area contributed by atoms with Crippen molar-refractivity contribution in [2.45, 2.75) is 45.2 Å². The van der Waals surface area contributed by atoms with Crippen LogP contribution in [0.15, 0.2) is 30.3 Å². The van der Waals surface area contributed by atoms with Gasteiger partial charge in [0.25, 0.3) is 0 Å². The number of amides is 1. The van der Waals surface area contributed by atoms with Gasteiger partial charge in [-0.1, -0.05) is 0 Å². The number of ketones is 1. The fourth-order valence-corrected chi connectivity index (χ4v) is 5.35. The van der Waals surface area contributed by atoms with E-state index in [0.717, 1.165) is 11.1 Å². The van der Waals surface area contributed by atoms with Crippen LogP contribution in [0.3, 0.4) is 0 Å². The summed E-state index contributed by atoms with van der Waals surface area (Å²) in [7, 11) is 1.52. The summed E-state index contributed by atoms with van der Waals surface area (Å²) in [4.78, 5) is 48.1. The van der Waals surface area contributed by atoms with Crippen LogP contribution < -0.4 is 14.2 Å². The van der Waals surface area contributed by atoms with E-state index in [-0.39, 0.29) is 55.5 Å². The molecule has 3 aromatic rings. The Morgan fingerprint density at radius 1 is 0.825 bits per heavy atom. The van der Waals surface area contributed by atoms with Gasteiger partial charge in [-0.15, -0.1) is 11.3 Å². The molecule has 1 aromatic heterocycles. The molecule has 3 N–H and O–H groups in total. The maximum Gasteiger partial charge on any atom is 0.303 e. The number of aliphatic carboxylic acids is 2. The van der Waals surface area contributed by atoms with Gasteiger partial charge >= 0.3 is 11.9 Å². The fraction of sp³-hybridized carbons (Fsp3) is 0.357. The van der Waals surface area contributed by atoms with Gasteiger partial charge in [-0.3, -0.25) is 19.2 Å². The number of fused-ring (bicyclic) bond motifs is 2. The van der Waals surface area contributed by atoms with Crippen molar-refractivity contribution in [1.29, 1.82) is 0 Å². The van der Waals surface area contributed by atoms with Crippen LogP contribution in [0.25, 0.3) is 10.1 Å². The van der Waals surface area contributed by atoms with Gasteiger partial charge in [0.15, 0.2) is 28.8 Å². The number of carbonyl (C=O) groups excluding carboxylic acids is 2. The van der Waals surface area contributed by atoms with E-state index >= 15 is 0 Å². The highest BCUT2D eigenvalue weighted by atomic mass is 32.1. The van der Waals surface area contributed by atoms with Crippen molar-refractivity contribution in [3.05, 3.63) is 46.3 Å². The van der Waals surface area contributed by atoms with E-state index in [9.17, 15) is 24.3 Å². The van der Waals surface area contributed by atoms with Crippen molar-refractivity contribution in [2.24, 2.45) is 0 Å². The average Bonchev–Trinajstić information content (AvgIpc) is 3.53. The predicted molar refractivity (Wildman–Crippen MR) is 144 cm³/mol. The van der Waals surface area contributed by atoms with E-state index in [2.05, 4.69) is 0 Å². The van der Waals surface area contributed by atoms with Gasteiger partial charge in [-0.2, -0.15) is 0 Å². The first-order chi connectivity index (χ1) is 19.1. The molecule has 0 unspecified atom stereocenters. The molecule has 12 heteroatoms. The minimum absolute atomic E-state index is 0.0508. The Kier molecular flexibility index (Phi) is 9.10. The first kappa shape index (κ1) is 28.7. The molecule has 2 heterocycles. The summed E-state index contributed by atoms with van der Waals surface area (Å²) in [5.74, 6) is -1.29. The maximum absolute atomic E-state index is 12.3. The quantitative estimate of drug-likeness (QED) is 0.189. The molecule has 40 heavy (non-hydrogen) atoms. The molecule has 2 aromatic carbocycles. The Labute approximate surface area is 233 Å². The number of ether oxygens (including phenoxy) is 3. The minimum atomic E-state index is -1.03. The zero-order valence-electron chi connectivity index (χ0n) is 21.8. The lowest BCUT2D eigenvalue weighted by atomic mass is 10.1. The maximum atomic E-state index is 12.3. The number of aromatic hydroxyl groups is 1. The number of rotatable bonds is 14. The highest BCUT2D eigenvalue weighted by molar-refractivity contribution is 7.20. The van der Waals surface area contributed by atoms with Crippen LogP contribution in [-0.4, -0.2) is 64.2 Å². The highest BCUT2D eigenvalue weighted by Gasteiger charge is 2.26. The molecule has 212 valence electrons. The van der Waals surface area contributed by atoms with Gasteiger partial charge in [0, 0.05) is 43.1 Å². The van der Waals surface area contributed by atoms with Gasteiger partial charge in [0.05, 0.1) is 38.0 Å². The predicted octanol–water partition coefficient (Wildman–Crippen LogP) is 4.22. The molecule has 0 atom stereocenters. The molecule has 0 spiro atoms. The summed E-state index contributed by atoms with van der Waals surface area (Å²) in [6, 6.07) is 8.47. The molecule has 1 aliphatic heterocycles. The zero-order valence-corrected chi connectivity index (χ0v) is 22.6. The SMILES string of the molecule is COc1cc2c(cc1OCCCOc1cc3cc(C(=O)CCC(=O)O)sc3cc1O)CN(C(=O)CCC(=O)O)C2. The van der Waals surface area contributed by atoms with Crippen LogP contribution in [0.4, 0.5) is 0 Å². The second kappa shape index (κ2) is 12.7. The van der Waals surface area contributed by atoms with E-state index in [4.69, 9.17) is 24.4 Å². The summed E-state index contributed by atoms with van der Waals surface area (Å²) < 4.78 is 17.8. The number of carboxylic acid groups (broad SMARTS) is 2.